The Bertz CT molecular complexity index is 1570. The predicted molar refractivity (Wildman–Crippen MR) is 155 cm³/mol. The molecule has 1 aliphatic rings. The Morgan fingerprint density at radius 2 is 1.66 bits per heavy atom. The summed E-state index contributed by atoms with van der Waals surface area (Å²) in [5, 5.41) is 4.77. The molecule has 0 amide bonds. The van der Waals surface area contributed by atoms with Gasteiger partial charge in [0.2, 0.25) is 0 Å². The maximum Gasteiger partial charge on any atom is 0.174 e. The normalized spacial score (nSPS) is 16.9. The van der Waals surface area contributed by atoms with Gasteiger partial charge in [-0.25, -0.2) is 0 Å². The van der Waals surface area contributed by atoms with E-state index in [-0.39, 0.29) is 12.1 Å². The molecule has 3 heterocycles. The highest BCUT2D eigenvalue weighted by molar-refractivity contribution is 7.80. The number of anilines is 1. The molecule has 0 spiro atoms. The van der Waals surface area contributed by atoms with E-state index in [1.54, 1.807) is 6.20 Å². The van der Waals surface area contributed by atoms with Crippen molar-refractivity contribution in [2.45, 2.75) is 19.0 Å². The monoisotopic (exact) mass is 537 g/mol. The fraction of sp³-hybridized carbons (Fsp3) is 0.0968. The summed E-state index contributed by atoms with van der Waals surface area (Å²) in [6, 6.07) is 32.9. The van der Waals surface area contributed by atoms with E-state index >= 15 is 0 Å². The number of para-hydroxylation sites is 1. The molecule has 1 aliphatic heterocycles. The molecule has 2 aromatic heterocycles. The van der Waals surface area contributed by atoms with Crippen molar-refractivity contribution in [3.05, 3.63) is 131 Å². The number of benzene rings is 3. The Hall–Kier alpha value is -4.13. The summed E-state index contributed by atoms with van der Waals surface area (Å²) in [5.74, 6) is 3.04. The van der Waals surface area contributed by atoms with Crippen LogP contribution in [0.3, 0.4) is 0 Å². The molecule has 0 radical (unpaired) electrons. The highest BCUT2D eigenvalue weighted by Crippen LogP contribution is 2.43. The second-order valence-electron chi connectivity index (χ2n) is 9.07. The maximum atomic E-state index is 6.45. The molecule has 6 rings (SSSR count). The van der Waals surface area contributed by atoms with Gasteiger partial charge in [-0.2, -0.15) is 0 Å². The Labute approximate surface area is 231 Å². The van der Waals surface area contributed by atoms with Crippen LogP contribution in [-0.4, -0.2) is 10.1 Å². The molecule has 2 atom stereocenters. The molecule has 38 heavy (non-hydrogen) atoms. The van der Waals surface area contributed by atoms with Gasteiger partial charge in [0.25, 0.3) is 0 Å². The zero-order chi connectivity index (χ0) is 26.1. The molecule has 5 aromatic rings. The Morgan fingerprint density at radius 1 is 0.895 bits per heavy atom. The molecule has 188 valence electrons. The van der Waals surface area contributed by atoms with Crippen LogP contribution in [0.15, 0.2) is 114 Å². The van der Waals surface area contributed by atoms with E-state index in [1.807, 2.05) is 110 Å². The number of ether oxygens (including phenoxy) is 1. The first-order chi connectivity index (χ1) is 18.6. The highest BCUT2D eigenvalue weighted by Gasteiger charge is 2.42. The van der Waals surface area contributed by atoms with Gasteiger partial charge in [-0.1, -0.05) is 48.0 Å². The van der Waals surface area contributed by atoms with Crippen molar-refractivity contribution in [1.29, 1.82) is 0 Å². The van der Waals surface area contributed by atoms with Crippen LogP contribution in [-0.2, 0) is 0 Å². The Balaban J connectivity index is 1.36. The summed E-state index contributed by atoms with van der Waals surface area (Å²) < 4.78 is 12.4. The molecule has 0 unspecified atom stereocenters. The molecular weight excluding hydrogens is 514 g/mol. The predicted octanol–water partition coefficient (Wildman–Crippen LogP) is 8.27. The summed E-state index contributed by atoms with van der Waals surface area (Å²) in [6.07, 6.45) is 1.79. The van der Waals surface area contributed by atoms with Gasteiger partial charge in [-0.15, -0.1) is 0 Å². The van der Waals surface area contributed by atoms with Crippen molar-refractivity contribution in [2.24, 2.45) is 0 Å². The quantitative estimate of drug-likeness (QED) is 0.220. The van der Waals surface area contributed by atoms with Crippen LogP contribution >= 0.6 is 23.8 Å². The number of aromatic nitrogens is 1. The molecule has 3 aromatic carbocycles. The summed E-state index contributed by atoms with van der Waals surface area (Å²) in [5.41, 5.74) is 3.74. The lowest BCUT2D eigenvalue weighted by atomic mass is 10.0. The second-order valence-corrected chi connectivity index (χ2v) is 9.87. The second kappa shape index (κ2) is 10.3. The number of furan rings is 1. The lowest BCUT2D eigenvalue weighted by Gasteiger charge is -2.26. The number of rotatable bonds is 6. The summed E-state index contributed by atoms with van der Waals surface area (Å²) in [6.45, 7) is 1.98. The third kappa shape index (κ3) is 4.76. The minimum Gasteiger partial charge on any atom is -0.459 e. The van der Waals surface area contributed by atoms with E-state index < -0.39 is 0 Å². The third-order valence-electron chi connectivity index (χ3n) is 6.57. The summed E-state index contributed by atoms with van der Waals surface area (Å²) >= 11 is 12.2. The first kappa shape index (κ1) is 24.2. The molecule has 1 N–H and O–H groups in total. The zero-order valence-electron chi connectivity index (χ0n) is 20.5. The minimum atomic E-state index is -0.257. The fourth-order valence-electron chi connectivity index (χ4n) is 4.63. The van der Waals surface area contributed by atoms with Crippen LogP contribution < -0.4 is 15.0 Å². The van der Waals surface area contributed by atoms with Crippen molar-refractivity contribution >= 4 is 34.6 Å². The molecular formula is C31H24ClN3O2S. The minimum absolute atomic E-state index is 0.204. The van der Waals surface area contributed by atoms with Crippen LogP contribution in [0.25, 0.3) is 11.3 Å². The van der Waals surface area contributed by atoms with E-state index in [1.165, 1.54) is 0 Å². The van der Waals surface area contributed by atoms with Gasteiger partial charge in [0, 0.05) is 22.5 Å². The molecule has 7 heteroatoms. The van der Waals surface area contributed by atoms with Crippen LogP contribution in [0.4, 0.5) is 5.69 Å². The number of pyridine rings is 1. The maximum absolute atomic E-state index is 6.45. The topological polar surface area (TPSA) is 50.5 Å². The highest BCUT2D eigenvalue weighted by atomic mass is 35.5. The van der Waals surface area contributed by atoms with Crippen molar-refractivity contribution in [1.82, 2.24) is 10.3 Å². The first-order valence-corrected chi connectivity index (χ1v) is 13.1. The number of thiocarbonyl (C=S) groups is 1. The number of nitrogens with zero attached hydrogens (tertiary/aromatic N) is 2. The first-order valence-electron chi connectivity index (χ1n) is 12.3. The standard InChI is InChI=1S/C31H24ClN3O2S/c1-20-10-11-21(19-25(20)32)27-16-17-28(37-27)30-29(26-9-5-6-18-33-26)34-31(38)35(30)22-12-14-24(15-13-22)36-23-7-3-2-4-8-23/h2-19,29-30H,1H3,(H,34,38)/t29-,30-/m0/s1. The van der Waals surface area contributed by atoms with Crippen molar-refractivity contribution < 1.29 is 9.15 Å². The van der Waals surface area contributed by atoms with E-state index in [0.29, 0.717) is 10.1 Å². The van der Waals surface area contributed by atoms with Gasteiger partial charge in [-0.05, 0) is 91.4 Å². The molecule has 0 aliphatic carbocycles. The van der Waals surface area contributed by atoms with Crippen LogP contribution in [0.1, 0.15) is 29.1 Å². The summed E-state index contributed by atoms with van der Waals surface area (Å²) in [4.78, 5) is 6.69. The molecule has 5 nitrogen and oxygen atoms in total. The number of aryl methyl sites for hydroxylation is 1. The van der Waals surface area contributed by atoms with E-state index in [4.69, 9.17) is 33.0 Å². The number of halogens is 1. The molecule has 1 saturated heterocycles. The number of hydrogen-bond donors (Lipinski definition) is 1. The Kier molecular flexibility index (Phi) is 6.58. The third-order valence-corrected chi connectivity index (χ3v) is 7.29. The van der Waals surface area contributed by atoms with E-state index in [2.05, 4.69) is 15.2 Å². The molecule has 0 bridgehead atoms. The van der Waals surface area contributed by atoms with Crippen molar-refractivity contribution in [2.75, 3.05) is 4.90 Å². The van der Waals surface area contributed by atoms with Gasteiger partial charge in [0.1, 0.15) is 29.1 Å². The zero-order valence-corrected chi connectivity index (χ0v) is 22.1. The number of hydrogen-bond acceptors (Lipinski definition) is 4. The van der Waals surface area contributed by atoms with E-state index in [9.17, 15) is 0 Å². The van der Waals surface area contributed by atoms with Crippen molar-refractivity contribution in [3.8, 4) is 22.8 Å². The molecule has 0 saturated carbocycles. The van der Waals surface area contributed by atoms with Gasteiger partial charge >= 0.3 is 0 Å². The average molecular weight is 538 g/mol. The van der Waals surface area contributed by atoms with Crippen LogP contribution in [0, 0.1) is 6.92 Å². The average Bonchev–Trinajstić information content (AvgIpc) is 3.56. The smallest absolute Gasteiger partial charge is 0.174 e. The van der Waals surface area contributed by atoms with Gasteiger partial charge in [0.05, 0.1) is 11.7 Å². The number of nitrogens with one attached hydrogen (secondary N) is 1. The van der Waals surface area contributed by atoms with Crippen LogP contribution in [0.5, 0.6) is 11.5 Å². The SMILES string of the molecule is Cc1ccc(-c2ccc([C@H]3[C@H](c4ccccn4)NC(=S)N3c3ccc(Oc4ccccc4)cc3)o2)cc1Cl. The lowest BCUT2D eigenvalue weighted by molar-refractivity contribution is 0.439. The fourth-order valence-corrected chi connectivity index (χ4v) is 5.16. The lowest BCUT2D eigenvalue weighted by Crippen LogP contribution is -2.29. The van der Waals surface area contributed by atoms with Gasteiger partial charge in [-0.3, -0.25) is 4.98 Å². The van der Waals surface area contributed by atoms with Gasteiger partial charge < -0.3 is 19.4 Å². The Morgan fingerprint density at radius 3 is 2.39 bits per heavy atom. The largest absolute Gasteiger partial charge is 0.459 e. The summed E-state index contributed by atoms with van der Waals surface area (Å²) in [7, 11) is 0. The van der Waals surface area contributed by atoms with Crippen LogP contribution in [0.2, 0.25) is 5.02 Å². The van der Waals surface area contributed by atoms with E-state index in [0.717, 1.165) is 45.5 Å². The molecule has 1 fully saturated rings. The van der Waals surface area contributed by atoms with Crippen molar-refractivity contribution in [3.63, 3.8) is 0 Å². The van der Waals surface area contributed by atoms with Gasteiger partial charge in [0.15, 0.2) is 5.11 Å².